The van der Waals surface area contributed by atoms with Crippen molar-refractivity contribution in [2.24, 2.45) is 0 Å². The molecular weight excluding hydrogens is 278 g/mol. The van der Waals surface area contributed by atoms with Crippen molar-refractivity contribution in [1.82, 2.24) is 4.90 Å². The van der Waals surface area contributed by atoms with Gasteiger partial charge in [-0.3, -0.25) is 14.9 Å². The van der Waals surface area contributed by atoms with Crippen molar-refractivity contribution in [2.75, 3.05) is 11.9 Å². The lowest BCUT2D eigenvalue weighted by atomic mass is 10.2. The van der Waals surface area contributed by atoms with Gasteiger partial charge in [-0.2, -0.15) is 0 Å². The average Bonchev–Trinajstić information content (AvgIpc) is 2.34. The van der Waals surface area contributed by atoms with Crippen LogP contribution in [0.4, 0.5) is 16.2 Å². The van der Waals surface area contributed by atoms with E-state index in [1.807, 2.05) is 0 Å². The second-order valence-corrected chi connectivity index (χ2v) is 4.80. The number of hydrogen-bond acceptors (Lipinski definition) is 4. The zero-order chi connectivity index (χ0) is 16.2. The zero-order valence-corrected chi connectivity index (χ0v) is 12.0. The fourth-order valence-corrected chi connectivity index (χ4v) is 1.77. The van der Waals surface area contributed by atoms with Crippen LogP contribution in [0, 0.1) is 17.0 Å². The molecule has 0 fully saturated rings. The molecule has 0 atom stereocenters. The molecule has 0 heterocycles. The highest BCUT2D eigenvalue weighted by molar-refractivity contribution is 5.91. The van der Waals surface area contributed by atoms with Crippen LogP contribution in [0.3, 0.4) is 0 Å². The van der Waals surface area contributed by atoms with Crippen LogP contribution in [-0.4, -0.2) is 39.5 Å². The fourth-order valence-electron chi connectivity index (χ4n) is 1.77. The van der Waals surface area contributed by atoms with Crippen LogP contribution in [0.25, 0.3) is 0 Å². The molecule has 1 aromatic rings. The SMILES string of the molecule is Cc1cc(NC(=O)N(CC(=O)O)C(C)C)ccc1[N+](=O)[O-]. The number of nitro groups is 1. The molecule has 0 saturated heterocycles. The Morgan fingerprint density at radius 2 is 2.05 bits per heavy atom. The van der Waals surface area contributed by atoms with E-state index in [1.54, 1.807) is 20.8 Å². The summed E-state index contributed by atoms with van der Waals surface area (Å²) in [4.78, 5) is 34.1. The topological polar surface area (TPSA) is 113 Å². The van der Waals surface area contributed by atoms with Gasteiger partial charge in [-0.05, 0) is 32.9 Å². The second kappa shape index (κ2) is 6.69. The molecule has 0 unspecified atom stereocenters. The molecule has 2 amide bonds. The van der Waals surface area contributed by atoms with E-state index in [2.05, 4.69) is 5.32 Å². The van der Waals surface area contributed by atoms with Crippen molar-refractivity contribution in [3.05, 3.63) is 33.9 Å². The number of nitrogens with zero attached hydrogens (tertiary/aromatic N) is 2. The van der Waals surface area contributed by atoms with Crippen molar-refractivity contribution in [1.29, 1.82) is 0 Å². The molecule has 0 aliphatic carbocycles. The first-order valence-corrected chi connectivity index (χ1v) is 6.26. The van der Waals surface area contributed by atoms with Crippen LogP contribution in [-0.2, 0) is 4.79 Å². The summed E-state index contributed by atoms with van der Waals surface area (Å²) >= 11 is 0. The molecule has 0 spiro atoms. The largest absolute Gasteiger partial charge is 0.480 e. The van der Waals surface area contributed by atoms with Gasteiger partial charge < -0.3 is 15.3 Å². The van der Waals surface area contributed by atoms with Crippen LogP contribution in [0.15, 0.2) is 18.2 Å². The lowest BCUT2D eigenvalue weighted by molar-refractivity contribution is -0.385. The summed E-state index contributed by atoms with van der Waals surface area (Å²) in [5, 5.41) is 22.0. The van der Waals surface area contributed by atoms with Crippen molar-refractivity contribution in [2.45, 2.75) is 26.8 Å². The first kappa shape index (κ1) is 16.4. The van der Waals surface area contributed by atoms with E-state index in [0.29, 0.717) is 11.3 Å². The van der Waals surface area contributed by atoms with E-state index in [9.17, 15) is 19.7 Å². The van der Waals surface area contributed by atoms with Crippen molar-refractivity contribution >= 4 is 23.4 Å². The molecule has 2 N–H and O–H groups in total. The Morgan fingerprint density at radius 1 is 1.43 bits per heavy atom. The van der Waals surface area contributed by atoms with Gasteiger partial charge in [0.05, 0.1) is 4.92 Å². The highest BCUT2D eigenvalue weighted by Gasteiger charge is 2.20. The molecule has 21 heavy (non-hydrogen) atoms. The number of rotatable bonds is 5. The highest BCUT2D eigenvalue weighted by Crippen LogP contribution is 2.21. The molecule has 1 rings (SSSR count). The molecule has 0 saturated carbocycles. The van der Waals surface area contributed by atoms with E-state index in [1.165, 1.54) is 18.2 Å². The average molecular weight is 295 g/mol. The number of nitro benzene ring substituents is 1. The molecular formula is C13H17N3O5. The Balaban J connectivity index is 2.89. The zero-order valence-electron chi connectivity index (χ0n) is 12.0. The predicted octanol–water partition coefficient (Wildman–Crippen LogP) is 2.23. The minimum absolute atomic E-state index is 0.0424. The second-order valence-electron chi connectivity index (χ2n) is 4.80. The Bertz CT molecular complexity index is 571. The van der Waals surface area contributed by atoms with Crippen LogP contribution < -0.4 is 5.32 Å². The quantitative estimate of drug-likeness (QED) is 0.638. The van der Waals surface area contributed by atoms with Gasteiger partial charge in [0.25, 0.3) is 5.69 Å². The molecule has 114 valence electrons. The van der Waals surface area contributed by atoms with Crippen molar-refractivity contribution in [3.8, 4) is 0 Å². The molecule has 0 bridgehead atoms. The normalized spacial score (nSPS) is 10.3. The molecule has 0 aromatic heterocycles. The number of benzene rings is 1. The van der Waals surface area contributed by atoms with E-state index in [-0.39, 0.29) is 11.7 Å². The smallest absolute Gasteiger partial charge is 0.323 e. The number of aliphatic carboxylic acids is 1. The molecule has 0 aliphatic rings. The third kappa shape index (κ3) is 4.44. The maximum absolute atomic E-state index is 12.0. The Kier molecular flexibility index (Phi) is 5.23. The third-order valence-corrected chi connectivity index (χ3v) is 2.83. The van der Waals surface area contributed by atoms with Gasteiger partial charge in [0.1, 0.15) is 6.54 Å². The van der Waals surface area contributed by atoms with Gasteiger partial charge in [-0.25, -0.2) is 4.79 Å². The van der Waals surface area contributed by atoms with E-state index in [4.69, 9.17) is 5.11 Å². The number of hydrogen-bond donors (Lipinski definition) is 2. The van der Waals surface area contributed by atoms with Crippen LogP contribution >= 0.6 is 0 Å². The summed E-state index contributed by atoms with van der Waals surface area (Å²) in [7, 11) is 0. The number of nitrogens with one attached hydrogen (secondary N) is 1. The number of carboxylic acid groups (broad SMARTS) is 1. The van der Waals surface area contributed by atoms with Crippen LogP contribution in [0.5, 0.6) is 0 Å². The van der Waals surface area contributed by atoms with Gasteiger partial charge in [0.2, 0.25) is 0 Å². The number of anilines is 1. The van der Waals surface area contributed by atoms with E-state index < -0.39 is 23.5 Å². The number of amides is 2. The lowest BCUT2D eigenvalue weighted by Gasteiger charge is -2.25. The maximum Gasteiger partial charge on any atom is 0.323 e. The number of carbonyl (C=O) groups is 2. The summed E-state index contributed by atoms with van der Waals surface area (Å²) in [5.41, 5.74) is 0.741. The Morgan fingerprint density at radius 3 is 2.48 bits per heavy atom. The van der Waals surface area contributed by atoms with E-state index >= 15 is 0 Å². The van der Waals surface area contributed by atoms with Crippen LogP contribution in [0.1, 0.15) is 19.4 Å². The maximum atomic E-state index is 12.0. The molecule has 0 radical (unpaired) electrons. The van der Waals surface area contributed by atoms with Gasteiger partial charge in [-0.1, -0.05) is 0 Å². The minimum Gasteiger partial charge on any atom is -0.480 e. The Labute approximate surface area is 121 Å². The summed E-state index contributed by atoms with van der Waals surface area (Å²) in [6.07, 6.45) is 0. The minimum atomic E-state index is -1.11. The first-order chi connectivity index (χ1) is 9.72. The van der Waals surface area contributed by atoms with Crippen molar-refractivity contribution < 1.29 is 19.6 Å². The third-order valence-electron chi connectivity index (χ3n) is 2.83. The Hall–Kier alpha value is -2.64. The number of carbonyl (C=O) groups excluding carboxylic acids is 1. The first-order valence-electron chi connectivity index (χ1n) is 6.26. The number of urea groups is 1. The van der Waals surface area contributed by atoms with Gasteiger partial charge in [-0.15, -0.1) is 0 Å². The molecule has 8 heteroatoms. The molecule has 1 aromatic carbocycles. The highest BCUT2D eigenvalue weighted by atomic mass is 16.6. The van der Waals surface area contributed by atoms with E-state index in [0.717, 1.165) is 4.90 Å². The van der Waals surface area contributed by atoms with Crippen molar-refractivity contribution in [3.63, 3.8) is 0 Å². The predicted molar refractivity (Wildman–Crippen MR) is 76.3 cm³/mol. The lowest BCUT2D eigenvalue weighted by Crippen LogP contribution is -2.43. The molecule has 0 aliphatic heterocycles. The fraction of sp³-hybridized carbons (Fsp3) is 0.385. The summed E-state index contributed by atoms with van der Waals surface area (Å²) in [5.74, 6) is -1.11. The summed E-state index contributed by atoms with van der Waals surface area (Å²) in [6.45, 7) is 4.54. The summed E-state index contributed by atoms with van der Waals surface area (Å²) < 4.78 is 0. The van der Waals surface area contributed by atoms with Gasteiger partial charge in [0, 0.05) is 23.4 Å². The monoisotopic (exact) mass is 295 g/mol. The standard InChI is InChI=1S/C13H17N3O5/c1-8(2)15(7-12(17)18)13(19)14-10-4-5-11(16(20)21)9(3)6-10/h4-6,8H,7H2,1-3H3,(H,14,19)(H,17,18). The number of carboxylic acids is 1. The van der Waals surface area contributed by atoms with Gasteiger partial charge >= 0.3 is 12.0 Å². The summed E-state index contributed by atoms with van der Waals surface area (Å²) in [6, 6.07) is 3.31. The molecule has 8 nitrogen and oxygen atoms in total. The van der Waals surface area contributed by atoms with Gasteiger partial charge in [0.15, 0.2) is 0 Å². The number of aryl methyl sites for hydroxylation is 1. The van der Waals surface area contributed by atoms with Crippen LogP contribution in [0.2, 0.25) is 0 Å².